The van der Waals surface area contributed by atoms with Crippen LogP contribution < -0.4 is 5.32 Å². The SMILES string of the molecule is Br.C=C(C)C(=O)OCCCC(C)(C)NCCCCCCCCCCCCCCCC. The van der Waals surface area contributed by atoms with Crippen molar-refractivity contribution in [2.75, 3.05) is 13.2 Å². The second-order valence-electron chi connectivity index (χ2n) is 9.43. The lowest BCUT2D eigenvalue weighted by Crippen LogP contribution is -2.40. The van der Waals surface area contributed by atoms with Gasteiger partial charge < -0.3 is 10.1 Å². The molecule has 0 aromatic heterocycles. The van der Waals surface area contributed by atoms with E-state index in [2.05, 4.69) is 32.7 Å². The maximum atomic E-state index is 11.4. The van der Waals surface area contributed by atoms with E-state index in [-0.39, 0.29) is 28.5 Å². The third kappa shape index (κ3) is 22.3. The first kappa shape index (κ1) is 31.8. The van der Waals surface area contributed by atoms with E-state index in [1.54, 1.807) is 6.92 Å². The van der Waals surface area contributed by atoms with Gasteiger partial charge in [-0.3, -0.25) is 0 Å². The lowest BCUT2D eigenvalue weighted by molar-refractivity contribution is -0.139. The third-order valence-electron chi connectivity index (χ3n) is 5.66. The summed E-state index contributed by atoms with van der Waals surface area (Å²) in [5, 5.41) is 3.66. The fraction of sp³-hybridized carbons (Fsp3) is 0.885. The Morgan fingerprint density at radius 2 is 1.23 bits per heavy atom. The van der Waals surface area contributed by atoms with Crippen LogP contribution in [-0.4, -0.2) is 24.7 Å². The van der Waals surface area contributed by atoms with Gasteiger partial charge >= 0.3 is 5.97 Å². The Kier molecular flexibility index (Phi) is 23.2. The molecule has 0 aliphatic heterocycles. The van der Waals surface area contributed by atoms with Crippen LogP contribution in [0, 0.1) is 0 Å². The van der Waals surface area contributed by atoms with Crippen molar-refractivity contribution in [1.29, 1.82) is 0 Å². The van der Waals surface area contributed by atoms with Crippen LogP contribution in [-0.2, 0) is 9.53 Å². The number of halogens is 1. The van der Waals surface area contributed by atoms with Crippen molar-refractivity contribution in [2.24, 2.45) is 0 Å². The molecule has 0 saturated carbocycles. The van der Waals surface area contributed by atoms with E-state index < -0.39 is 0 Å². The van der Waals surface area contributed by atoms with Crippen molar-refractivity contribution in [3.8, 4) is 0 Å². The van der Waals surface area contributed by atoms with Crippen LogP contribution in [0.15, 0.2) is 12.2 Å². The molecule has 0 aromatic rings. The molecule has 0 radical (unpaired) electrons. The van der Waals surface area contributed by atoms with Crippen molar-refractivity contribution < 1.29 is 9.53 Å². The topological polar surface area (TPSA) is 38.3 Å². The maximum absolute atomic E-state index is 11.4. The number of ether oxygens (including phenoxy) is 1. The Bertz CT molecular complexity index is 410. The number of hydrogen-bond donors (Lipinski definition) is 1. The third-order valence-corrected chi connectivity index (χ3v) is 5.66. The van der Waals surface area contributed by atoms with Gasteiger partial charge in [0.2, 0.25) is 0 Å². The van der Waals surface area contributed by atoms with Gasteiger partial charge in [0.15, 0.2) is 0 Å². The normalized spacial score (nSPS) is 11.2. The zero-order chi connectivity index (χ0) is 21.8. The summed E-state index contributed by atoms with van der Waals surface area (Å²) in [7, 11) is 0. The molecule has 0 bridgehead atoms. The lowest BCUT2D eigenvalue weighted by atomic mass is 9.98. The van der Waals surface area contributed by atoms with Crippen LogP contribution in [0.2, 0.25) is 0 Å². The molecule has 0 saturated heterocycles. The lowest BCUT2D eigenvalue weighted by Gasteiger charge is -2.26. The minimum absolute atomic E-state index is 0. The second kappa shape index (κ2) is 21.9. The Hall–Kier alpha value is -0.350. The van der Waals surface area contributed by atoms with Gasteiger partial charge in [-0.1, -0.05) is 97.0 Å². The fourth-order valence-corrected chi connectivity index (χ4v) is 3.64. The van der Waals surface area contributed by atoms with E-state index in [4.69, 9.17) is 4.74 Å². The zero-order valence-electron chi connectivity index (χ0n) is 20.7. The minimum atomic E-state index is -0.279. The number of unbranched alkanes of at least 4 members (excludes halogenated alkanes) is 13. The van der Waals surface area contributed by atoms with Crippen LogP contribution in [0.5, 0.6) is 0 Å². The van der Waals surface area contributed by atoms with Gasteiger partial charge in [0.1, 0.15) is 0 Å². The van der Waals surface area contributed by atoms with Crippen LogP contribution in [0.25, 0.3) is 0 Å². The number of carbonyl (C=O) groups excluding carboxylic acids is 1. The van der Waals surface area contributed by atoms with Gasteiger partial charge in [-0.15, -0.1) is 17.0 Å². The van der Waals surface area contributed by atoms with E-state index in [9.17, 15) is 4.79 Å². The summed E-state index contributed by atoms with van der Waals surface area (Å²) in [6, 6.07) is 0. The monoisotopic (exact) mass is 489 g/mol. The van der Waals surface area contributed by atoms with Crippen LogP contribution in [0.1, 0.15) is 130 Å². The first-order valence-corrected chi connectivity index (χ1v) is 12.5. The van der Waals surface area contributed by atoms with Crippen molar-refractivity contribution in [1.82, 2.24) is 5.32 Å². The molecule has 0 fully saturated rings. The maximum Gasteiger partial charge on any atom is 0.333 e. The first-order chi connectivity index (χ1) is 13.9. The van der Waals surface area contributed by atoms with E-state index in [1.807, 2.05) is 0 Å². The zero-order valence-corrected chi connectivity index (χ0v) is 22.4. The van der Waals surface area contributed by atoms with Crippen LogP contribution >= 0.6 is 17.0 Å². The molecule has 3 nitrogen and oxygen atoms in total. The summed E-state index contributed by atoms with van der Waals surface area (Å²) in [4.78, 5) is 11.4. The van der Waals surface area contributed by atoms with Gasteiger partial charge in [-0.05, 0) is 46.6 Å². The number of hydrogen-bond acceptors (Lipinski definition) is 3. The standard InChI is InChI=1S/C26H51NO2.BrH/c1-6-7-8-9-10-11-12-13-14-15-16-17-18-19-22-27-26(4,5)21-20-23-29-25(28)24(2)3;/h27H,2,6-23H2,1,3-5H3;1H. The highest BCUT2D eigenvalue weighted by Gasteiger charge is 2.16. The van der Waals surface area contributed by atoms with Crippen LogP contribution in [0.3, 0.4) is 0 Å². The Labute approximate surface area is 199 Å². The highest BCUT2D eigenvalue weighted by Crippen LogP contribution is 2.14. The average molecular weight is 491 g/mol. The Morgan fingerprint density at radius 1 is 0.800 bits per heavy atom. The summed E-state index contributed by atoms with van der Waals surface area (Å²) >= 11 is 0. The van der Waals surface area contributed by atoms with E-state index in [1.165, 1.54) is 89.9 Å². The molecule has 0 aliphatic carbocycles. The summed E-state index contributed by atoms with van der Waals surface area (Å²) in [5.74, 6) is -0.279. The van der Waals surface area contributed by atoms with Crippen molar-refractivity contribution >= 4 is 23.0 Å². The van der Waals surface area contributed by atoms with Crippen molar-refractivity contribution in [2.45, 2.75) is 136 Å². The van der Waals surface area contributed by atoms with Crippen molar-refractivity contribution in [3.05, 3.63) is 12.2 Å². The summed E-state index contributed by atoms with van der Waals surface area (Å²) < 4.78 is 5.16. The predicted octanol–water partition coefficient (Wildman–Crippen LogP) is 8.31. The molecule has 30 heavy (non-hydrogen) atoms. The molecule has 180 valence electrons. The van der Waals surface area contributed by atoms with E-state index in [0.29, 0.717) is 12.2 Å². The Morgan fingerprint density at radius 3 is 1.67 bits per heavy atom. The molecule has 0 atom stereocenters. The summed E-state index contributed by atoms with van der Waals surface area (Å²) in [5.41, 5.74) is 0.576. The van der Waals surface area contributed by atoms with Gasteiger partial charge in [-0.25, -0.2) is 4.79 Å². The molecule has 1 N–H and O–H groups in total. The molecule has 0 amide bonds. The molecule has 0 rings (SSSR count). The number of esters is 1. The molecular formula is C26H52BrNO2. The van der Waals surface area contributed by atoms with Gasteiger partial charge in [0, 0.05) is 11.1 Å². The van der Waals surface area contributed by atoms with Gasteiger partial charge in [0.25, 0.3) is 0 Å². The molecule has 0 spiro atoms. The van der Waals surface area contributed by atoms with Gasteiger partial charge in [-0.2, -0.15) is 0 Å². The molecule has 0 aliphatic rings. The van der Waals surface area contributed by atoms with Crippen molar-refractivity contribution in [3.63, 3.8) is 0 Å². The fourth-order valence-electron chi connectivity index (χ4n) is 3.64. The van der Waals surface area contributed by atoms with Gasteiger partial charge in [0.05, 0.1) is 6.61 Å². The molecule has 0 heterocycles. The van der Waals surface area contributed by atoms with E-state index in [0.717, 1.165) is 19.4 Å². The second-order valence-corrected chi connectivity index (χ2v) is 9.43. The quantitative estimate of drug-likeness (QED) is 0.0999. The number of rotatable bonds is 21. The number of nitrogens with one attached hydrogen (secondary N) is 1. The molecule has 0 unspecified atom stereocenters. The summed E-state index contributed by atoms with van der Waals surface area (Å²) in [6.07, 6.45) is 21.5. The van der Waals surface area contributed by atoms with Crippen LogP contribution in [0.4, 0.5) is 0 Å². The predicted molar refractivity (Wildman–Crippen MR) is 138 cm³/mol. The molecule has 0 aromatic carbocycles. The number of carbonyl (C=O) groups is 1. The highest BCUT2D eigenvalue weighted by atomic mass is 79.9. The minimum Gasteiger partial charge on any atom is -0.462 e. The largest absolute Gasteiger partial charge is 0.462 e. The highest BCUT2D eigenvalue weighted by molar-refractivity contribution is 8.93. The van der Waals surface area contributed by atoms with E-state index >= 15 is 0 Å². The Balaban J connectivity index is 0. The molecule has 4 heteroatoms. The smallest absolute Gasteiger partial charge is 0.333 e. The first-order valence-electron chi connectivity index (χ1n) is 12.5. The summed E-state index contributed by atoms with van der Waals surface area (Å²) in [6.45, 7) is 13.6. The molecular weight excluding hydrogens is 438 g/mol. The average Bonchev–Trinajstić information content (AvgIpc) is 2.68.